The maximum atomic E-state index is 10.1. The molecule has 3 heteroatoms. The minimum atomic E-state index is -2.40. The van der Waals surface area contributed by atoms with Crippen molar-refractivity contribution in [1.82, 2.24) is 0 Å². The van der Waals surface area contributed by atoms with Crippen molar-refractivity contribution in [2.75, 3.05) is 6.61 Å². The van der Waals surface area contributed by atoms with E-state index in [1.54, 1.807) is 0 Å². The predicted octanol–water partition coefficient (Wildman–Crippen LogP) is 7.66. The van der Waals surface area contributed by atoms with Crippen LogP contribution in [0.5, 0.6) is 0 Å². The van der Waals surface area contributed by atoms with Gasteiger partial charge in [-0.05, 0) is 60.4 Å². The molecule has 0 heterocycles. The Bertz CT molecular complexity index is 745. The number of rotatable bonds is 19. The average Bonchev–Trinajstić information content (AvgIpc) is 2.87. The monoisotopic (exact) mass is 506 g/mol. The van der Waals surface area contributed by atoms with Gasteiger partial charge in [0.25, 0.3) is 8.32 Å². The third kappa shape index (κ3) is 10.1. The molecule has 0 aliphatic carbocycles. The summed E-state index contributed by atoms with van der Waals surface area (Å²) < 4.78 is 6.99. The Hall–Kier alpha value is -1.42. The molecule has 1 N–H and O–H groups in total. The second-order valence-electron chi connectivity index (χ2n) is 10.9. The highest BCUT2D eigenvalue weighted by molar-refractivity contribution is 6.99. The van der Waals surface area contributed by atoms with Gasteiger partial charge in [0.15, 0.2) is 0 Å². The van der Waals surface area contributed by atoms with E-state index < -0.39 is 8.32 Å². The summed E-state index contributed by atoms with van der Waals surface area (Å²) >= 11 is 0. The Labute approximate surface area is 224 Å². The highest BCUT2D eigenvalue weighted by Gasteiger charge is 2.49. The van der Waals surface area contributed by atoms with Crippen molar-refractivity contribution in [2.24, 2.45) is 0 Å². The van der Waals surface area contributed by atoms with Gasteiger partial charge in [-0.25, -0.2) is 0 Å². The lowest BCUT2D eigenvalue weighted by Gasteiger charge is -2.43. The molecule has 0 unspecified atom stereocenters. The van der Waals surface area contributed by atoms with Gasteiger partial charge in [0.2, 0.25) is 0 Å². The van der Waals surface area contributed by atoms with E-state index in [-0.39, 0.29) is 11.1 Å². The Morgan fingerprint density at radius 1 is 0.778 bits per heavy atom. The molecule has 4 radical (unpaired) electrons. The zero-order valence-electron chi connectivity index (χ0n) is 23.3. The van der Waals surface area contributed by atoms with Gasteiger partial charge in [0.1, 0.15) is 0 Å². The SMILES string of the molecule is CCCC[CH][CH][CH][CH][C@@H](O)CCCCCCCCO[Si](c1ccccc1)(c1ccccc1)C(C)(C)C. The van der Waals surface area contributed by atoms with Gasteiger partial charge in [-0.1, -0.05) is 133 Å². The zero-order chi connectivity index (χ0) is 26.1. The number of aliphatic hydroxyl groups excluding tert-OH is 1. The minimum absolute atomic E-state index is 0.0380. The van der Waals surface area contributed by atoms with E-state index in [0.717, 1.165) is 32.3 Å². The first kappa shape index (κ1) is 30.8. The van der Waals surface area contributed by atoms with Crippen LogP contribution in [0.3, 0.4) is 0 Å². The summed E-state index contributed by atoms with van der Waals surface area (Å²) in [5, 5.41) is 12.9. The Morgan fingerprint density at radius 2 is 1.33 bits per heavy atom. The van der Waals surface area contributed by atoms with Crippen LogP contribution in [0.4, 0.5) is 0 Å². The molecule has 0 amide bonds. The highest BCUT2D eigenvalue weighted by Crippen LogP contribution is 2.36. The summed E-state index contributed by atoms with van der Waals surface area (Å²) in [4.78, 5) is 0. The van der Waals surface area contributed by atoms with Crippen LogP contribution >= 0.6 is 0 Å². The fraction of sp³-hybridized carbons (Fsp3) is 0.515. The summed E-state index contributed by atoms with van der Waals surface area (Å²) in [6.45, 7) is 10.0. The van der Waals surface area contributed by atoms with E-state index in [1.807, 2.05) is 12.8 Å². The molecule has 0 aliphatic rings. The van der Waals surface area contributed by atoms with E-state index in [4.69, 9.17) is 4.43 Å². The van der Waals surface area contributed by atoms with Crippen molar-refractivity contribution in [2.45, 2.75) is 103 Å². The molecule has 36 heavy (non-hydrogen) atoms. The molecule has 0 saturated carbocycles. The van der Waals surface area contributed by atoms with E-state index in [2.05, 4.69) is 101 Å². The van der Waals surface area contributed by atoms with Gasteiger partial charge in [-0.15, -0.1) is 0 Å². The fourth-order valence-electron chi connectivity index (χ4n) is 4.93. The van der Waals surface area contributed by atoms with Crippen LogP contribution < -0.4 is 10.4 Å². The topological polar surface area (TPSA) is 29.5 Å². The molecular formula is C33H50O2Si. The molecule has 1 atom stereocenters. The third-order valence-corrected chi connectivity index (χ3v) is 12.0. The molecule has 0 saturated heterocycles. The van der Waals surface area contributed by atoms with Gasteiger partial charge in [-0.2, -0.15) is 0 Å². The molecule has 2 aromatic rings. The van der Waals surface area contributed by atoms with Crippen LogP contribution in [0.15, 0.2) is 60.7 Å². The van der Waals surface area contributed by atoms with Crippen LogP contribution in [0, 0.1) is 25.7 Å². The second-order valence-corrected chi connectivity index (χ2v) is 15.3. The summed E-state index contributed by atoms with van der Waals surface area (Å²) in [5.41, 5.74) is 0. The van der Waals surface area contributed by atoms with Crippen LogP contribution in [-0.2, 0) is 4.43 Å². The van der Waals surface area contributed by atoms with E-state index in [9.17, 15) is 5.11 Å². The minimum Gasteiger partial charge on any atom is -0.407 e. The molecule has 0 bridgehead atoms. The number of benzene rings is 2. The molecule has 198 valence electrons. The van der Waals surface area contributed by atoms with Gasteiger partial charge in [-0.3, -0.25) is 0 Å². The van der Waals surface area contributed by atoms with Crippen molar-refractivity contribution in [3.05, 3.63) is 86.3 Å². The smallest absolute Gasteiger partial charge is 0.261 e. The lowest BCUT2D eigenvalue weighted by Crippen LogP contribution is -2.66. The molecule has 0 fully saturated rings. The number of hydrogen-bond acceptors (Lipinski definition) is 2. The quantitative estimate of drug-likeness (QED) is 0.156. The van der Waals surface area contributed by atoms with Gasteiger partial charge >= 0.3 is 0 Å². The average molecular weight is 507 g/mol. The lowest BCUT2D eigenvalue weighted by molar-refractivity contribution is 0.194. The van der Waals surface area contributed by atoms with Crippen LogP contribution in [0.25, 0.3) is 0 Å². The van der Waals surface area contributed by atoms with Crippen molar-refractivity contribution in [3.8, 4) is 0 Å². The second kappa shape index (κ2) is 17.2. The summed E-state index contributed by atoms with van der Waals surface area (Å²) in [7, 11) is -2.40. The first-order chi connectivity index (χ1) is 17.4. The lowest BCUT2D eigenvalue weighted by atomic mass is 10.0. The van der Waals surface area contributed by atoms with Crippen molar-refractivity contribution >= 4 is 18.7 Å². The largest absolute Gasteiger partial charge is 0.407 e. The Morgan fingerprint density at radius 3 is 1.89 bits per heavy atom. The summed E-state index contributed by atoms with van der Waals surface area (Å²) in [6.07, 6.45) is 19.3. The van der Waals surface area contributed by atoms with Crippen molar-refractivity contribution in [3.63, 3.8) is 0 Å². The first-order valence-corrected chi connectivity index (χ1v) is 16.1. The molecule has 2 rings (SSSR count). The Kier molecular flexibility index (Phi) is 14.7. The Balaban J connectivity index is 1.71. The van der Waals surface area contributed by atoms with Gasteiger partial charge in [0.05, 0.1) is 6.10 Å². The van der Waals surface area contributed by atoms with Crippen LogP contribution in [-0.4, -0.2) is 26.1 Å². The normalized spacial score (nSPS) is 13.1. The number of unbranched alkanes of at least 4 members (excludes halogenated alkanes) is 10. The van der Waals surface area contributed by atoms with Crippen LogP contribution in [0.1, 0.15) is 91.9 Å². The van der Waals surface area contributed by atoms with Crippen molar-refractivity contribution < 1.29 is 9.53 Å². The molecule has 0 aliphatic heterocycles. The number of hydrogen-bond donors (Lipinski definition) is 1. The molecule has 0 aromatic heterocycles. The van der Waals surface area contributed by atoms with E-state index in [1.165, 1.54) is 48.9 Å². The fourth-order valence-corrected chi connectivity index (χ4v) is 9.54. The van der Waals surface area contributed by atoms with E-state index in [0.29, 0.717) is 0 Å². The molecular weight excluding hydrogens is 456 g/mol. The molecule has 0 spiro atoms. The number of aliphatic hydroxyl groups is 1. The van der Waals surface area contributed by atoms with Crippen LogP contribution in [0.2, 0.25) is 5.04 Å². The third-order valence-electron chi connectivity index (χ3n) is 6.93. The maximum Gasteiger partial charge on any atom is 0.261 e. The zero-order valence-corrected chi connectivity index (χ0v) is 24.3. The summed E-state index contributed by atoms with van der Waals surface area (Å²) in [6, 6.07) is 21.8. The predicted molar refractivity (Wildman–Crippen MR) is 159 cm³/mol. The first-order valence-electron chi connectivity index (χ1n) is 14.2. The van der Waals surface area contributed by atoms with E-state index >= 15 is 0 Å². The molecule has 2 aromatic carbocycles. The highest BCUT2D eigenvalue weighted by atomic mass is 28.4. The van der Waals surface area contributed by atoms with Crippen molar-refractivity contribution in [1.29, 1.82) is 0 Å². The van der Waals surface area contributed by atoms with Gasteiger partial charge in [0, 0.05) is 6.61 Å². The van der Waals surface area contributed by atoms with Gasteiger partial charge < -0.3 is 9.53 Å². The summed E-state index contributed by atoms with van der Waals surface area (Å²) in [5.74, 6) is 0. The molecule has 2 nitrogen and oxygen atoms in total. The standard InChI is InChI=1S/C33H50O2Si/c1-5-6-7-8-11-16-23-30(34)24-17-12-9-10-13-22-29-35-36(33(2,3)4,31-25-18-14-19-26-31)32-27-20-15-21-28-32/h8,11,14-16,18-21,23,25-28,30,34H,5-7,9-10,12-13,17,22,24,29H2,1-4H3/t30-/m1/s1. The maximum absolute atomic E-state index is 10.1.